The molecule has 0 unspecified atom stereocenters. The van der Waals surface area contributed by atoms with Crippen molar-refractivity contribution in [3.05, 3.63) is 48.5 Å². The smallest absolute Gasteiger partial charge is 0.0491 e. The molecule has 0 spiro atoms. The second-order valence-electron chi connectivity index (χ2n) is 5.32. The summed E-state index contributed by atoms with van der Waals surface area (Å²) in [6, 6.07) is 17.5. The van der Waals surface area contributed by atoms with Gasteiger partial charge in [0.1, 0.15) is 0 Å². The van der Waals surface area contributed by atoms with E-state index in [-0.39, 0.29) is 0 Å². The first-order valence-electron chi connectivity index (χ1n) is 7.48. The predicted octanol–water partition coefficient (Wildman–Crippen LogP) is 5.28. The summed E-state index contributed by atoms with van der Waals surface area (Å²) in [4.78, 5) is 0. The standard InChI is InChI=1S/C18H21NS/c20-14-8-2-1-7-13-19-17-11-5-3-9-15(17)16-10-4-6-12-18(16)19/h3-6,9-12,20H,1-2,7-8,13-14H2. The second-order valence-corrected chi connectivity index (χ2v) is 5.77. The van der Waals surface area contributed by atoms with Crippen molar-refractivity contribution in [2.24, 2.45) is 0 Å². The first kappa shape index (κ1) is 13.6. The molecule has 0 saturated heterocycles. The molecule has 2 heteroatoms. The van der Waals surface area contributed by atoms with Crippen molar-refractivity contribution < 1.29 is 0 Å². The maximum Gasteiger partial charge on any atom is 0.0491 e. The van der Waals surface area contributed by atoms with Crippen LogP contribution in [0.15, 0.2) is 48.5 Å². The molecule has 1 aromatic heterocycles. The van der Waals surface area contributed by atoms with Crippen LogP contribution >= 0.6 is 12.6 Å². The largest absolute Gasteiger partial charge is 0.340 e. The number of hydrogen-bond acceptors (Lipinski definition) is 1. The highest BCUT2D eigenvalue weighted by atomic mass is 32.1. The van der Waals surface area contributed by atoms with E-state index in [1.165, 1.54) is 47.5 Å². The van der Waals surface area contributed by atoms with Crippen molar-refractivity contribution in [3.8, 4) is 0 Å². The van der Waals surface area contributed by atoms with Crippen molar-refractivity contribution in [2.45, 2.75) is 32.2 Å². The van der Waals surface area contributed by atoms with Crippen LogP contribution in [-0.4, -0.2) is 10.3 Å². The van der Waals surface area contributed by atoms with E-state index in [9.17, 15) is 0 Å². The van der Waals surface area contributed by atoms with Crippen LogP contribution in [0.5, 0.6) is 0 Å². The highest BCUT2D eigenvalue weighted by Crippen LogP contribution is 2.29. The first-order chi connectivity index (χ1) is 9.92. The molecule has 0 aliphatic carbocycles. The number of hydrogen-bond donors (Lipinski definition) is 1. The molecule has 1 heterocycles. The SMILES string of the molecule is SCCCCCCn1c2ccccc2c2ccccc21. The molecule has 0 N–H and O–H groups in total. The van der Waals surface area contributed by atoms with Gasteiger partial charge >= 0.3 is 0 Å². The van der Waals surface area contributed by atoms with Gasteiger partial charge in [-0.1, -0.05) is 49.2 Å². The summed E-state index contributed by atoms with van der Waals surface area (Å²) in [5.41, 5.74) is 2.73. The van der Waals surface area contributed by atoms with Gasteiger partial charge in [0, 0.05) is 28.4 Å². The number of nitrogens with zero attached hydrogens (tertiary/aromatic N) is 1. The van der Waals surface area contributed by atoms with Crippen LogP contribution in [0.25, 0.3) is 21.8 Å². The minimum Gasteiger partial charge on any atom is -0.340 e. The molecule has 3 rings (SSSR count). The number of rotatable bonds is 6. The second kappa shape index (κ2) is 6.36. The molecular weight excluding hydrogens is 262 g/mol. The summed E-state index contributed by atoms with van der Waals surface area (Å²) in [6.45, 7) is 1.11. The van der Waals surface area contributed by atoms with E-state index in [2.05, 4.69) is 65.7 Å². The van der Waals surface area contributed by atoms with Gasteiger partial charge in [-0.3, -0.25) is 0 Å². The number of unbranched alkanes of at least 4 members (excludes halogenated alkanes) is 3. The van der Waals surface area contributed by atoms with E-state index in [0.717, 1.165) is 12.3 Å². The molecular formula is C18H21NS. The van der Waals surface area contributed by atoms with E-state index in [1.807, 2.05) is 0 Å². The average molecular weight is 283 g/mol. The number of benzene rings is 2. The molecule has 0 amide bonds. The maximum atomic E-state index is 4.27. The molecule has 0 radical (unpaired) electrons. The summed E-state index contributed by atoms with van der Waals surface area (Å²) in [5, 5.41) is 2.75. The van der Waals surface area contributed by atoms with Gasteiger partial charge in [-0.2, -0.15) is 12.6 Å². The minimum atomic E-state index is 1.01. The summed E-state index contributed by atoms with van der Waals surface area (Å²) >= 11 is 4.27. The maximum absolute atomic E-state index is 4.27. The van der Waals surface area contributed by atoms with Gasteiger partial charge in [-0.05, 0) is 30.7 Å². The third-order valence-corrected chi connectivity index (χ3v) is 4.29. The predicted molar refractivity (Wildman–Crippen MR) is 91.8 cm³/mol. The van der Waals surface area contributed by atoms with Crippen molar-refractivity contribution in [2.75, 3.05) is 5.75 Å². The number of aromatic nitrogens is 1. The van der Waals surface area contributed by atoms with Crippen molar-refractivity contribution in [3.63, 3.8) is 0 Å². The van der Waals surface area contributed by atoms with E-state index in [4.69, 9.17) is 0 Å². The molecule has 104 valence electrons. The topological polar surface area (TPSA) is 4.93 Å². The Morgan fingerprint density at radius 3 is 1.85 bits per heavy atom. The fraction of sp³-hybridized carbons (Fsp3) is 0.333. The van der Waals surface area contributed by atoms with Crippen LogP contribution in [0.3, 0.4) is 0 Å². The Labute approximate surface area is 126 Å². The van der Waals surface area contributed by atoms with Crippen molar-refractivity contribution in [1.29, 1.82) is 0 Å². The Balaban J connectivity index is 1.91. The third kappa shape index (κ3) is 2.57. The van der Waals surface area contributed by atoms with Gasteiger partial charge in [-0.25, -0.2) is 0 Å². The minimum absolute atomic E-state index is 1.01. The zero-order valence-corrected chi connectivity index (χ0v) is 12.7. The lowest BCUT2D eigenvalue weighted by Crippen LogP contribution is -1.97. The Morgan fingerprint density at radius 2 is 1.25 bits per heavy atom. The summed E-state index contributed by atoms with van der Waals surface area (Å²) < 4.78 is 2.48. The number of aryl methyl sites for hydroxylation is 1. The Morgan fingerprint density at radius 1 is 0.700 bits per heavy atom. The Hall–Kier alpha value is -1.41. The van der Waals surface area contributed by atoms with Crippen molar-refractivity contribution in [1.82, 2.24) is 4.57 Å². The molecule has 0 aliphatic heterocycles. The fourth-order valence-corrected chi connectivity index (χ4v) is 3.20. The lowest BCUT2D eigenvalue weighted by Gasteiger charge is -2.07. The van der Waals surface area contributed by atoms with Crippen LogP contribution in [0.2, 0.25) is 0 Å². The molecule has 0 aliphatic rings. The van der Waals surface area contributed by atoms with Gasteiger partial charge in [0.15, 0.2) is 0 Å². The lowest BCUT2D eigenvalue weighted by atomic mass is 10.2. The normalized spacial score (nSPS) is 11.4. The Bertz CT molecular complexity index is 646. The zero-order valence-electron chi connectivity index (χ0n) is 11.8. The summed E-state index contributed by atoms with van der Waals surface area (Å²) in [5.74, 6) is 1.01. The average Bonchev–Trinajstić information content (AvgIpc) is 2.82. The highest BCUT2D eigenvalue weighted by Gasteiger charge is 2.08. The quantitative estimate of drug-likeness (QED) is 0.463. The molecule has 1 nitrogen and oxygen atoms in total. The molecule has 0 atom stereocenters. The number of fused-ring (bicyclic) bond motifs is 3. The van der Waals surface area contributed by atoms with Gasteiger partial charge in [0.05, 0.1) is 0 Å². The molecule has 0 fully saturated rings. The molecule has 0 saturated carbocycles. The van der Waals surface area contributed by atoms with E-state index >= 15 is 0 Å². The van der Waals surface area contributed by atoms with Crippen LogP contribution in [0.4, 0.5) is 0 Å². The van der Waals surface area contributed by atoms with Gasteiger partial charge in [-0.15, -0.1) is 0 Å². The Kier molecular flexibility index (Phi) is 4.31. The van der Waals surface area contributed by atoms with Crippen LogP contribution < -0.4 is 0 Å². The third-order valence-electron chi connectivity index (χ3n) is 3.97. The summed E-state index contributed by atoms with van der Waals surface area (Å²) in [6.07, 6.45) is 5.06. The van der Waals surface area contributed by atoms with Gasteiger partial charge in [0.25, 0.3) is 0 Å². The molecule has 0 bridgehead atoms. The molecule has 20 heavy (non-hydrogen) atoms. The molecule has 3 aromatic rings. The van der Waals surface area contributed by atoms with Crippen LogP contribution in [0.1, 0.15) is 25.7 Å². The lowest BCUT2D eigenvalue weighted by molar-refractivity contribution is 0.604. The van der Waals surface area contributed by atoms with Crippen LogP contribution in [-0.2, 0) is 6.54 Å². The van der Waals surface area contributed by atoms with E-state index in [1.54, 1.807) is 0 Å². The van der Waals surface area contributed by atoms with Gasteiger partial charge in [0.2, 0.25) is 0 Å². The van der Waals surface area contributed by atoms with E-state index in [0.29, 0.717) is 0 Å². The summed E-state index contributed by atoms with van der Waals surface area (Å²) in [7, 11) is 0. The van der Waals surface area contributed by atoms with Crippen LogP contribution in [0, 0.1) is 0 Å². The first-order valence-corrected chi connectivity index (χ1v) is 8.12. The molecule has 2 aromatic carbocycles. The highest BCUT2D eigenvalue weighted by molar-refractivity contribution is 7.80. The van der Waals surface area contributed by atoms with Gasteiger partial charge < -0.3 is 4.57 Å². The number of para-hydroxylation sites is 2. The van der Waals surface area contributed by atoms with E-state index < -0.39 is 0 Å². The monoisotopic (exact) mass is 283 g/mol. The zero-order chi connectivity index (χ0) is 13.8. The van der Waals surface area contributed by atoms with Crippen molar-refractivity contribution >= 4 is 34.4 Å². The fourth-order valence-electron chi connectivity index (χ4n) is 2.98. The number of thiol groups is 1.